The number of benzene rings is 1. The Bertz CT molecular complexity index is 577. The van der Waals surface area contributed by atoms with Gasteiger partial charge in [0.05, 0.1) is 12.8 Å². The maximum Gasteiger partial charge on any atom is 0.326 e. The van der Waals surface area contributed by atoms with Crippen molar-refractivity contribution in [2.75, 3.05) is 19.8 Å². The number of hydrogen-bond donors (Lipinski definition) is 2. The number of amides is 3. The van der Waals surface area contributed by atoms with Gasteiger partial charge in [-0.05, 0) is 25.3 Å². The Morgan fingerprint density at radius 1 is 1.32 bits per heavy atom. The van der Waals surface area contributed by atoms with Gasteiger partial charge in [0, 0.05) is 13.1 Å². The fourth-order valence-corrected chi connectivity index (χ4v) is 3.15. The van der Waals surface area contributed by atoms with Gasteiger partial charge in [-0.1, -0.05) is 30.3 Å². The molecule has 1 aromatic carbocycles. The number of nitrogens with zero attached hydrogens (tertiary/aromatic N) is 2. The second-order valence-corrected chi connectivity index (χ2v) is 6.17. The molecule has 0 aromatic heterocycles. The van der Waals surface area contributed by atoms with Crippen LogP contribution in [-0.4, -0.2) is 52.7 Å². The molecule has 2 N–H and O–H groups in total. The van der Waals surface area contributed by atoms with Crippen LogP contribution in [0.3, 0.4) is 0 Å². The molecule has 6 nitrogen and oxygen atoms in total. The highest BCUT2D eigenvalue weighted by atomic mass is 16.3. The number of urea groups is 1. The summed E-state index contributed by atoms with van der Waals surface area (Å²) < 4.78 is 0. The van der Waals surface area contributed by atoms with E-state index in [0.717, 1.165) is 24.9 Å². The zero-order valence-corrected chi connectivity index (χ0v) is 12.7. The summed E-state index contributed by atoms with van der Waals surface area (Å²) in [6, 6.07) is 8.88. The lowest BCUT2D eigenvalue weighted by atomic mass is 9.92. The van der Waals surface area contributed by atoms with E-state index >= 15 is 0 Å². The van der Waals surface area contributed by atoms with Gasteiger partial charge in [-0.25, -0.2) is 9.69 Å². The molecule has 2 saturated heterocycles. The minimum Gasteiger partial charge on any atom is -0.392 e. The van der Waals surface area contributed by atoms with Crippen molar-refractivity contribution in [3.8, 4) is 0 Å². The van der Waals surface area contributed by atoms with Crippen LogP contribution in [0.1, 0.15) is 25.3 Å². The van der Waals surface area contributed by atoms with Gasteiger partial charge in [0.1, 0.15) is 5.54 Å². The number of β-amino-alcohol motifs (C(OH)–C–C–N with tert-alkyl or cyclic N) is 1. The van der Waals surface area contributed by atoms with Crippen LogP contribution in [-0.2, 0) is 10.3 Å². The Morgan fingerprint density at radius 3 is 2.73 bits per heavy atom. The first-order valence-corrected chi connectivity index (χ1v) is 7.61. The van der Waals surface area contributed by atoms with E-state index in [2.05, 4.69) is 5.32 Å². The average molecular weight is 303 g/mol. The van der Waals surface area contributed by atoms with Gasteiger partial charge in [0.2, 0.25) is 0 Å². The predicted octanol–water partition coefficient (Wildman–Crippen LogP) is 0.868. The van der Waals surface area contributed by atoms with Crippen LogP contribution in [0.15, 0.2) is 30.3 Å². The summed E-state index contributed by atoms with van der Waals surface area (Å²) in [6.45, 7) is 3.24. The first kappa shape index (κ1) is 15.0. The van der Waals surface area contributed by atoms with Gasteiger partial charge in [-0.3, -0.25) is 9.69 Å². The number of aliphatic hydroxyl groups is 1. The summed E-state index contributed by atoms with van der Waals surface area (Å²) in [6.07, 6.45) is 1.27. The second kappa shape index (κ2) is 5.70. The van der Waals surface area contributed by atoms with E-state index < -0.39 is 5.54 Å². The Morgan fingerprint density at radius 2 is 2.05 bits per heavy atom. The fourth-order valence-electron chi connectivity index (χ4n) is 3.15. The number of carbonyl (C=O) groups excluding carboxylic acids is 2. The van der Waals surface area contributed by atoms with Gasteiger partial charge in [-0.2, -0.15) is 0 Å². The summed E-state index contributed by atoms with van der Waals surface area (Å²) in [7, 11) is 0. The van der Waals surface area contributed by atoms with Crippen molar-refractivity contribution in [2.45, 2.75) is 31.4 Å². The molecule has 3 amide bonds. The highest BCUT2D eigenvalue weighted by Gasteiger charge is 2.49. The van der Waals surface area contributed by atoms with Crippen LogP contribution in [0, 0.1) is 0 Å². The van der Waals surface area contributed by atoms with Crippen LogP contribution in [0.4, 0.5) is 4.79 Å². The van der Waals surface area contributed by atoms with E-state index in [1.165, 1.54) is 4.90 Å². The maximum absolute atomic E-state index is 12.7. The highest BCUT2D eigenvalue weighted by Crippen LogP contribution is 2.29. The van der Waals surface area contributed by atoms with E-state index in [0.29, 0.717) is 6.54 Å². The number of piperidine rings is 1. The van der Waals surface area contributed by atoms with Gasteiger partial charge >= 0.3 is 6.03 Å². The van der Waals surface area contributed by atoms with E-state index in [4.69, 9.17) is 0 Å². The van der Waals surface area contributed by atoms with E-state index in [1.807, 2.05) is 35.2 Å². The molecule has 22 heavy (non-hydrogen) atoms. The molecule has 0 aliphatic carbocycles. The smallest absolute Gasteiger partial charge is 0.326 e. The zero-order chi connectivity index (χ0) is 15.7. The van der Waals surface area contributed by atoms with Crippen LogP contribution in [0.5, 0.6) is 0 Å². The lowest BCUT2D eigenvalue weighted by Crippen LogP contribution is -2.47. The molecule has 0 spiro atoms. The number of carbonyl (C=O) groups is 2. The van der Waals surface area contributed by atoms with Gasteiger partial charge in [0.15, 0.2) is 0 Å². The van der Waals surface area contributed by atoms with Gasteiger partial charge < -0.3 is 10.4 Å². The largest absolute Gasteiger partial charge is 0.392 e. The molecule has 0 bridgehead atoms. The van der Waals surface area contributed by atoms with Gasteiger partial charge in [-0.15, -0.1) is 0 Å². The van der Waals surface area contributed by atoms with Crippen LogP contribution in [0.25, 0.3) is 0 Å². The topological polar surface area (TPSA) is 72.9 Å². The molecule has 2 heterocycles. The Labute approximate surface area is 129 Å². The first-order chi connectivity index (χ1) is 10.5. The number of rotatable bonds is 3. The van der Waals surface area contributed by atoms with Crippen molar-refractivity contribution in [3.05, 3.63) is 35.9 Å². The van der Waals surface area contributed by atoms with Crippen LogP contribution >= 0.6 is 0 Å². The first-order valence-electron chi connectivity index (χ1n) is 7.61. The molecule has 1 aromatic rings. The number of aliphatic hydroxyl groups excluding tert-OH is 1. The van der Waals surface area contributed by atoms with Crippen LogP contribution < -0.4 is 5.32 Å². The van der Waals surface area contributed by atoms with Gasteiger partial charge in [0.25, 0.3) is 5.91 Å². The highest BCUT2D eigenvalue weighted by molar-refractivity contribution is 6.07. The third-order valence-corrected chi connectivity index (χ3v) is 4.45. The SMILES string of the molecule is C[C@@]1(c2ccccc2)NC(=O)N(CN2CCC[C@H](O)C2)C1=O. The number of nitrogens with one attached hydrogen (secondary N) is 1. The van der Waals surface area contributed by atoms with Crippen molar-refractivity contribution >= 4 is 11.9 Å². The molecule has 0 unspecified atom stereocenters. The second-order valence-electron chi connectivity index (χ2n) is 6.17. The maximum atomic E-state index is 12.7. The van der Waals surface area contributed by atoms with Crippen molar-refractivity contribution in [1.29, 1.82) is 0 Å². The summed E-state index contributed by atoms with van der Waals surface area (Å²) in [5.41, 5.74) is -0.248. The predicted molar refractivity (Wildman–Crippen MR) is 80.9 cm³/mol. The molecular formula is C16H21N3O3. The fraction of sp³-hybridized carbons (Fsp3) is 0.500. The lowest BCUT2D eigenvalue weighted by molar-refractivity contribution is -0.133. The number of likely N-dealkylation sites (tertiary alicyclic amines) is 1. The molecule has 2 atom stereocenters. The quantitative estimate of drug-likeness (QED) is 0.813. The Kier molecular flexibility index (Phi) is 3.88. The molecule has 2 aliphatic heterocycles. The molecule has 3 rings (SSSR count). The van der Waals surface area contributed by atoms with Crippen molar-refractivity contribution in [1.82, 2.24) is 15.1 Å². The third kappa shape index (κ3) is 2.60. The number of imide groups is 1. The molecule has 118 valence electrons. The minimum absolute atomic E-state index is 0.226. The van der Waals surface area contributed by atoms with Crippen molar-refractivity contribution in [3.63, 3.8) is 0 Å². The zero-order valence-electron chi connectivity index (χ0n) is 12.7. The molecule has 0 radical (unpaired) electrons. The third-order valence-electron chi connectivity index (χ3n) is 4.45. The summed E-state index contributed by atoms with van der Waals surface area (Å²) in [5.74, 6) is -0.247. The monoisotopic (exact) mass is 303 g/mol. The molecule has 0 saturated carbocycles. The minimum atomic E-state index is -1.02. The van der Waals surface area contributed by atoms with Crippen molar-refractivity contribution < 1.29 is 14.7 Å². The van der Waals surface area contributed by atoms with Crippen LogP contribution in [0.2, 0.25) is 0 Å². The molecule has 2 aliphatic rings. The molecule has 2 fully saturated rings. The Hall–Kier alpha value is -1.92. The molecular weight excluding hydrogens is 282 g/mol. The Balaban J connectivity index is 1.77. The lowest BCUT2D eigenvalue weighted by Gasteiger charge is -2.32. The van der Waals surface area contributed by atoms with Crippen molar-refractivity contribution in [2.24, 2.45) is 0 Å². The summed E-state index contributed by atoms with van der Waals surface area (Å²) in [5, 5.41) is 12.5. The standard InChI is InChI=1S/C16H21N3O3/c1-16(12-6-3-2-4-7-12)14(21)19(15(22)17-16)11-18-9-5-8-13(20)10-18/h2-4,6-7,13,20H,5,8-11H2,1H3,(H,17,22)/t13-,16-/m0/s1. The normalized spacial score (nSPS) is 29.7. The van der Waals surface area contributed by atoms with E-state index in [9.17, 15) is 14.7 Å². The van der Waals surface area contributed by atoms with E-state index in [-0.39, 0.29) is 24.7 Å². The number of hydrogen-bond acceptors (Lipinski definition) is 4. The average Bonchev–Trinajstić information content (AvgIpc) is 2.73. The van der Waals surface area contributed by atoms with E-state index in [1.54, 1.807) is 6.92 Å². The summed E-state index contributed by atoms with van der Waals surface area (Å²) >= 11 is 0. The molecule has 6 heteroatoms. The summed E-state index contributed by atoms with van der Waals surface area (Å²) in [4.78, 5) is 28.2.